The van der Waals surface area contributed by atoms with E-state index in [1.807, 2.05) is 24.3 Å². The second-order valence-electron chi connectivity index (χ2n) is 6.98. The number of amides is 1. The number of nitrogens with zero attached hydrogens (tertiary/aromatic N) is 1. The number of nitrogens with two attached hydrogens (primary N) is 1. The van der Waals surface area contributed by atoms with Gasteiger partial charge in [-0.05, 0) is 41.7 Å². The molecule has 1 aromatic heterocycles. The van der Waals surface area contributed by atoms with Crippen LogP contribution in [0.2, 0.25) is 0 Å². The molecule has 0 saturated carbocycles. The Balaban J connectivity index is 2.01. The van der Waals surface area contributed by atoms with Crippen LogP contribution in [0.15, 0.2) is 36.2 Å². The van der Waals surface area contributed by atoms with Crippen LogP contribution in [-0.4, -0.2) is 62.6 Å². The maximum absolute atomic E-state index is 12.2. The quantitative estimate of drug-likeness (QED) is 0.518. The highest BCUT2D eigenvalue weighted by Gasteiger charge is 2.25. The maximum Gasteiger partial charge on any atom is 0.243 e. The molecule has 0 radical (unpaired) electrons. The van der Waals surface area contributed by atoms with Crippen molar-refractivity contribution in [2.24, 2.45) is 5.73 Å². The lowest BCUT2D eigenvalue weighted by molar-refractivity contribution is -0.122. The van der Waals surface area contributed by atoms with Gasteiger partial charge in [-0.2, -0.15) is 4.37 Å². The minimum atomic E-state index is -1.01. The van der Waals surface area contributed by atoms with Crippen molar-refractivity contribution in [3.63, 3.8) is 0 Å². The minimum Gasteiger partial charge on any atom is -0.493 e. The number of methoxy groups -OCH3 is 4. The number of hydrogen-bond acceptors (Lipinski definition) is 9. The molecule has 32 heavy (non-hydrogen) atoms. The number of aliphatic hydroxyl groups is 1. The third-order valence-corrected chi connectivity index (χ3v) is 5.95. The summed E-state index contributed by atoms with van der Waals surface area (Å²) in [6.07, 6.45) is 5.87. The van der Waals surface area contributed by atoms with Crippen LogP contribution >= 0.6 is 11.5 Å². The number of hydrogen-bond donors (Lipinski definition) is 3. The number of aliphatic hydroxyl groups excluding tert-OH is 1. The highest BCUT2D eigenvalue weighted by atomic mass is 32.1. The largest absolute Gasteiger partial charge is 0.493 e. The zero-order valence-electron chi connectivity index (χ0n) is 18.4. The summed E-state index contributed by atoms with van der Waals surface area (Å²) in [4.78, 5) is 13.1. The summed E-state index contributed by atoms with van der Waals surface area (Å²) < 4.78 is 26.3. The Bertz CT molecular complexity index is 1010. The van der Waals surface area contributed by atoms with Gasteiger partial charge in [-0.15, -0.1) is 0 Å². The predicted octanol–water partition coefficient (Wildman–Crippen LogP) is 1.96. The number of allylic oxidation sites excluding steroid dienone is 2. The second-order valence-corrected chi connectivity index (χ2v) is 7.78. The van der Waals surface area contributed by atoms with E-state index in [-0.39, 0.29) is 6.10 Å². The number of aromatic nitrogens is 1. The van der Waals surface area contributed by atoms with Crippen molar-refractivity contribution in [3.05, 3.63) is 41.7 Å². The Morgan fingerprint density at radius 2 is 1.94 bits per heavy atom. The zero-order chi connectivity index (χ0) is 23.3. The first-order chi connectivity index (χ1) is 15.5. The fourth-order valence-corrected chi connectivity index (χ4v) is 4.15. The molecule has 2 unspecified atom stereocenters. The number of carbonyl (C=O) groups excluding carboxylic acids is 1. The third-order valence-electron chi connectivity index (χ3n) is 5.10. The molecular weight excluding hydrogens is 434 g/mol. The van der Waals surface area contributed by atoms with Gasteiger partial charge in [0.05, 0.1) is 32.8 Å². The standard InChI is InChI=1S/C22H27N3O6S/c1-28-17-6-5-12(7-16(17)25-22(27)15(23)11-26)14-10-24-32-21(14)13-8-18(29-2)20(31-4)19(9-13)30-3/h5,7-10,15,17,26H,6,11,23H2,1-4H3,(H,25,27). The normalized spacial score (nSPS) is 16.6. The van der Waals surface area contributed by atoms with E-state index in [0.717, 1.165) is 21.6 Å². The lowest BCUT2D eigenvalue weighted by Crippen LogP contribution is -2.44. The molecule has 0 spiro atoms. The van der Waals surface area contributed by atoms with Crippen LogP contribution in [0.5, 0.6) is 17.2 Å². The Kier molecular flexibility index (Phi) is 7.86. The van der Waals surface area contributed by atoms with Gasteiger partial charge in [0.25, 0.3) is 0 Å². The van der Waals surface area contributed by atoms with Crippen molar-refractivity contribution in [1.29, 1.82) is 0 Å². The first-order valence-corrected chi connectivity index (χ1v) is 10.6. The molecule has 0 bridgehead atoms. The van der Waals surface area contributed by atoms with E-state index in [0.29, 0.717) is 29.4 Å². The average molecular weight is 462 g/mol. The minimum absolute atomic E-state index is 0.329. The molecule has 3 rings (SSSR count). The Labute approximate surface area is 190 Å². The molecule has 0 saturated heterocycles. The van der Waals surface area contributed by atoms with Crippen molar-refractivity contribution in [3.8, 4) is 27.7 Å². The van der Waals surface area contributed by atoms with Gasteiger partial charge in [0.15, 0.2) is 11.5 Å². The highest BCUT2D eigenvalue weighted by molar-refractivity contribution is 7.09. The molecule has 1 aliphatic rings. The zero-order valence-corrected chi connectivity index (χ0v) is 19.2. The molecule has 2 atom stereocenters. The van der Waals surface area contributed by atoms with E-state index >= 15 is 0 Å². The molecule has 2 aromatic rings. The first-order valence-electron chi connectivity index (χ1n) is 9.84. The lowest BCUT2D eigenvalue weighted by Gasteiger charge is -2.24. The molecule has 1 aliphatic carbocycles. The summed E-state index contributed by atoms with van der Waals surface area (Å²) in [6, 6.07) is 2.72. The molecule has 9 nitrogen and oxygen atoms in total. The predicted molar refractivity (Wildman–Crippen MR) is 122 cm³/mol. The Hall–Kier alpha value is -2.92. The highest BCUT2D eigenvalue weighted by Crippen LogP contribution is 2.44. The van der Waals surface area contributed by atoms with Crippen molar-refractivity contribution in [2.45, 2.75) is 18.6 Å². The molecule has 1 amide bonds. The van der Waals surface area contributed by atoms with Gasteiger partial charge in [-0.3, -0.25) is 4.79 Å². The van der Waals surface area contributed by atoms with Crippen LogP contribution < -0.4 is 25.3 Å². The molecular formula is C22H27N3O6S. The summed E-state index contributed by atoms with van der Waals surface area (Å²) in [5, 5.41) is 11.9. The van der Waals surface area contributed by atoms with E-state index in [2.05, 4.69) is 9.69 Å². The summed E-state index contributed by atoms with van der Waals surface area (Å²) in [7, 11) is 6.26. The fraction of sp³-hybridized carbons (Fsp3) is 0.364. The van der Waals surface area contributed by atoms with E-state index in [9.17, 15) is 4.79 Å². The number of carbonyl (C=O) groups is 1. The van der Waals surface area contributed by atoms with E-state index in [4.69, 9.17) is 29.8 Å². The molecule has 4 N–H and O–H groups in total. The van der Waals surface area contributed by atoms with E-state index < -0.39 is 18.6 Å². The number of rotatable bonds is 9. The van der Waals surface area contributed by atoms with Crippen LogP contribution in [0.25, 0.3) is 16.0 Å². The maximum atomic E-state index is 12.2. The Morgan fingerprint density at radius 1 is 1.25 bits per heavy atom. The van der Waals surface area contributed by atoms with Crippen molar-refractivity contribution in [2.75, 3.05) is 35.0 Å². The van der Waals surface area contributed by atoms with Crippen molar-refractivity contribution < 1.29 is 28.8 Å². The number of benzene rings is 1. The van der Waals surface area contributed by atoms with Gasteiger partial charge in [-0.1, -0.05) is 6.08 Å². The summed E-state index contributed by atoms with van der Waals surface area (Å²) >= 11 is 1.33. The van der Waals surface area contributed by atoms with Crippen molar-refractivity contribution in [1.82, 2.24) is 9.69 Å². The third kappa shape index (κ3) is 4.78. The molecule has 0 fully saturated rings. The summed E-state index contributed by atoms with van der Waals surface area (Å²) in [6.45, 7) is -0.445. The summed E-state index contributed by atoms with van der Waals surface area (Å²) in [5.41, 5.74) is 8.83. The fourth-order valence-electron chi connectivity index (χ4n) is 3.39. The first kappa shape index (κ1) is 23.7. The van der Waals surface area contributed by atoms with Crippen LogP contribution in [0.4, 0.5) is 0 Å². The van der Waals surface area contributed by atoms with Crippen LogP contribution in [-0.2, 0) is 9.53 Å². The van der Waals surface area contributed by atoms with Crippen molar-refractivity contribution >= 4 is 23.0 Å². The van der Waals surface area contributed by atoms with E-state index in [1.54, 1.807) is 34.6 Å². The average Bonchev–Trinajstić information content (AvgIpc) is 3.32. The van der Waals surface area contributed by atoms with Gasteiger partial charge in [0.1, 0.15) is 12.1 Å². The molecule has 1 heterocycles. The lowest BCUT2D eigenvalue weighted by atomic mass is 9.95. The number of ether oxygens (including phenoxy) is 4. The van der Waals surface area contributed by atoms with Gasteiger partial charge in [0.2, 0.25) is 11.7 Å². The van der Waals surface area contributed by atoms with E-state index in [1.165, 1.54) is 11.5 Å². The smallest absolute Gasteiger partial charge is 0.243 e. The topological polar surface area (TPSA) is 125 Å². The van der Waals surface area contributed by atoms with Gasteiger partial charge >= 0.3 is 0 Å². The van der Waals surface area contributed by atoms with Gasteiger partial charge in [-0.25, -0.2) is 0 Å². The van der Waals surface area contributed by atoms with Crippen LogP contribution in [0, 0.1) is 0 Å². The Morgan fingerprint density at radius 3 is 2.50 bits per heavy atom. The monoisotopic (exact) mass is 461 g/mol. The molecule has 0 aliphatic heterocycles. The van der Waals surface area contributed by atoms with Crippen LogP contribution in [0.1, 0.15) is 12.0 Å². The SMILES string of the molecule is COc1cc(-c2sncc2C2=CCC(OC)C(NC(=O)C(N)CO)=C2)cc(OC)c1OC. The van der Waals surface area contributed by atoms with Crippen LogP contribution in [0.3, 0.4) is 0 Å². The molecule has 172 valence electrons. The molecule has 10 heteroatoms. The second kappa shape index (κ2) is 10.6. The molecule has 1 aromatic carbocycles. The van der Waals surface area contributed by atoms with Gasteiger partial charge < -0.3 is 35.1 Å². The summed E-state index contributed by atoms with van der Waals surface area (Å²) in [5.74, 6) is 1.12. The number of nitrogens with one attached hydrogen (secondary N) is 1. The van der Waals surface area contributed by atoms with Gasteiger partial charge in [0, 0.05) is 30.1 Å².